The lowest BCUT2D eigenvalue weighted by atomic mass is 9.73. The van der Waals surface area contributed by atoms with Crippen molar-refractivity contribution in [2.45, 2.75) is 19.4 Å². The van der Waals surface area contributed by atoms with E-state index < -0.39 is 17.8 Å². The number of hydrogen-bond acceptors (Lipinski definition) is 2. The van der Waals surface area contributed by atoms with Gasteiger partial charge in [0.2, 0.25) is 5.91 Å². The van der Waals surface area contributed by atoms with E-state index in [1.165, 1.54) is 0 Å². The van der Waals surface area contributed by atoms with Gasteiger partial charge >= 0.3 is 5.97 Å². The van der Waals surface area contributed by atoms with Crippen LogP contribution in [0.3, 0.4) is 0 Å². The first-order chi connectivity index (χ1) is 8.59. The Morgan fingerprint density at radius 3 is 2.50 bits per heavy atom. The van der Waals surface area contributed by atoms with Crippen LogP contribution in [0.4, 0.5) is 0 Å². The van der Waals surface area contributed by atoms with E-state index in [1.54, 1.807) is 6.07 Å². The number of benzene rings is 1. The molecule has 18 heavy (non-hydrogen) atoms. The second kappa shape index (κ2) is 5.40. The number of carbonyl (C=O) groups is 2. The summed E-state index contributed by atoms with van der Waals surface area (Å²) in [5, 5.41) is 12.2. The van der Waals surface area contributed by atoms with E-state index in [0.29, 0.717) is 24.4 Å². The molecule has 1 saturated carbocycles. The minimum absolute atomic E-state index is 0.200. The third-order valence-electron chi connectivity index (χ3n) is 3.34. The Bertz CT molecular complexity index is 475. The molecule has 0 bridgehead atoms. The van der Waals surface area contributed by atoms with E-state index in [9.17, 15) is 9.59 Å². The monoisotopic (exact) mass is 267 g/mol. The number of nitrogens with one attached hydrogen (secondary N) is 1. The highest BCUT2D eigenvalue weighted by Gasteiger charge is 2.41. The van der Waals surface area contributed by atoms with Crippen molar-refractivity contribution in [3.05, 3.63) is 34.9 Å². The maximum Gasteiger partial charge on any atom is 0.307 e. The van der Waals surface area contributed by atoms with Gasteiger partial charge in [-0.3, -0.25) is 9.59 Å². The van der Waals surface area contributed by atoms with E-state index >= 15 is 0 Å². The number of carboxylic acids is 1. The molecule has 0 spiro atoms. The maximum absolute atomic E-state index is 11.8. The summed E-state index contributed by atoms with van der Waals surface area (Å²) in [7, 11) is 0. The third-order valence-corrected chi connectivity index (χ3v) is 3.71. The van der Waals surface area contributed by atoms with Crippen LogP contribution in [0.2, 0.25) is 5.02 Å². The van der Waals surface area contributed by atoms with Crippen LogP contribution in [-0.2, 0) is 16.1 Å². The number of halogens is 1. The molecular weight excluding hydrogens is 254 g/mol. The zero-order chi connectivity index (χ0) is 13.1. The summed E-state index contributed by atoms with van der Waals surface area (Å²) in [5.41, 5.74) is 0.832. The Morgan fingerprint density at radius 2 is 1.94 bits per heavy atom. The molecule has 1 aromatic carbocycles. The molecule has 2 atom stereocenters. The van der Waals surface area contributed by atoms with Crippen molar-refractivity contribution in [2.75, 3.05) is 0 Å². The summed E-state index contributed by atoms with van der Waals surface area (Å²) < 4.78 is 0. The van der Waals surface area contributed by atoms with Crippen LogP contribution in [0, 0.1) is 11.8 Å². The van der Waals surface area contributed by atoms with Gasteiger partial charge in [0.15, 0.2) is 0 Å². The van der Waals surface area contributed by atoms with Gasteiger partial charge in [0.25, 0.3) is 0 Å². The topological polar surface area (TPSA) is 66.4 Å². The Balaban J connectivity index is 1.89. The van der Waals surface area contributed by atoms with Gasteiger partial charge in [0.05, 0.1) is 11.8 Å². The van der Waals surface area contributed by atoms with Crippen LogP contribution in [0.25, 0.3) is 0 Å². The van der Waals surface area contributed by atoms with E-state index in [2.05, 4.69) is 5.32 Å². The number of rotatable bonds is 4. The smallest absolute Gasteiger partial charge is 0.307 e. The number of amides is 1. The molecule has 1 aliphatic rings. The standard InChI is InChI=1S/C13H14ClNO3/c14-11-4-2-1-3-8(11)7-15-12(16)9-5-6-10(9)13(17)18/h1-4,9-10H,5-7H2,(H,15,16)(H,17,18). The van der Waals surface area contributed by atoms with Crippen molar-refractivity contribution in [1.82, 2.24) is 5.32 Å². The number of carbonyl (C=O) groups excluding carboxylic acids is 1. The Hall–Kier alpha value is -1.55. The highest BCUT2D eigenvalue weighted by atomic mass is 35.5. The fourth-order valence-corrected chi connectivity index (χ4v) is 2.27. The first-order valence-electron chi connectivity index (χ1n) is 5.83. The fraction of sp³-hybridized carbons (Fsp3) is 0.385. The molecule has 4 nitrogen and oxygen atoms in total. The summed E-state index contributed by atoms with van der Waals surface area (Å²) in [6.07, 6.45) is 1.23. The van der Waals surface area contributed by atoms with Gasteiger partial charge in [-0.2, -0.15) is 0 Å². The minimum atomic E-state index is -0.890. The molecule has 0 heterocycles. The average molecular weight is 268 g/mol. The molecule has 2 rings (SSSR count). The largest absolute Gasteiger partial charge is 0.481 e. The molecular formula is C13H14ClNO3. The Labute approximate surface area is 110 Å². The van der Waals surface area contributed by atoms with E-state index in [1.807, 2.05) is 18.2 Å². The van der Waals surface area contributed by atoms with Gasteiger partial charge in [-0.1, -0.05) is 29.8 Å². The lowest BCUT2D eigenvalue weighted by Crippen LogP contribution is -2.43. The molecule has 5 heteroatoms. The zero-order valence-electron chi connectivity index (χ0n) is 9.73. The number of carboxylic acid groups (broad SMARTS) is 1. The SMILES string of the molecule is O=C(O)C1CCC1C(=O)NCc1ccccc1Cl. The highest BCUT2D eigenvalue weighted by Crippen LogP contribution is 2.34. The van der Waals surface area contributed by atoms with Crippen molar-refractivity contribution in [3.8, 4) is 0 Å². The second-order valence-electron chi connectivity index (χ2n) is 4.44. The highest BCUT2D eigenvalue weighted by molar-refractivity contribution is 6.31. The van der Waals surface area contributed by atoms with E-state index in [0.717, 1.165) is 5.56 Å². The van der Waals surface area contributed by atoms with Gasteiger partial charge < -0.3 is 10.4 Å². The average Bonchev–Trinajstić information content (AvgIpc) is 2.25. The molecule has 1 amide bonds. The Morgan fingerprint density at radius 1 is 1.28 bits per heavy atom. The van der Waals surface area contributed by atoms with Crippen LogP contribution in [0.1, 0.15) is 18.4 Å². The van der Waals surface area contributed by atoms with Gasteiger partial charge in [-0.05, 0) is 24.5 Å². The molecule has 1 fully saturated rings. The molecule has 1 aromatic rings. The van der Waals surface area contributed by atoms with Crippen molar-refractivity contribution in [1.29, 1.82) is 0 Å². The summed E-state index contributed by atoms with van der Waals surface area (Å²) in [6.45, 7) is 0.335. The van der Waals surface area contributed by atoms with Gasteiger partial charge in [-0.15, -0.1) is 0 Å². The summed E-state index contributed by atoms with van der Waals surface area (Å²) in [5.74, 6) is -2.02. The molecule has 96 valence electrons. The molecule has 0 radical (unpaired) electrons. The quantitative estimate of drug-likeness (QED) is 0.878. The van der Waals surface area contributed by atoms with Crippen LogP contribution in [0.15, 0.2) is 24.3 Å². The van der Waals surface area contributed by atoms with Crippen LogP contribution in [0.5, 0.6) is 0 Å². The molecule has 2 N–H and O–H groups in total. The summed E-state index contributed by atoms with van der Waals surface area (Å²) >= 11 is 5.97. The number of aliphatic carboxylic acids is 1. The molecule has 0 aliphatic heterocycles. The van der Waals surface area contributed by atoms with Crippen molar-refractivity contribution < 1.29 is 14.7 Å². The lowest BCUT2D eigenvalue weighted by molar-refractivity contribution is -0.152. The van der Waals surface area contributed by atoms with E-state index in [4.69, 9.17) is 16.7 Å². The third kappa shape index (κ3) is 2.64. The molecule has 0 aromatic heterocycles. The predicted molar refractivity (Wildman–Crippen MR) is 67.1 cm³/mol. The maximum atomic E-state index is 11.8. The molecule has 1 aliphatic carbocycles. The van der Waals surface area contributed by atoms with Crippen molar-refractivity contribution in [2.24, 2.45) is 11.8 Å². The molecule has 2 unspecified atom stereocenters. The predicted octanol–water partition coefficient (Wildman–Crippen LogP) is 2.07. The van der Waals surface area contributed by atoms with Crippen LogP contribution >= 0.6 is 11.6 Å². The summed E-state index contributed by atoms with van der Waals surface area (Å²) in [4.78, 5) is 22.6. The molecule has 0 saturated heterocycles. The first-order valence-corrected chi connectivity index (χ1v) is 6.21. The van der Waals surface area contributed by atoms with Gasteiger partial charge in [0.1, 0.15) is 0 Å². The Kier molecular flexibility index (Phi) is 3.87. The first kappa shape index (κ1) is 12.9. The van der Waals surface area contributed by atoms with Crippen molar-refractivity contribution in [3.63, 3.8) is 0 Å². The number of hydrogen-bond donors (Lipinski definition) is 2. The van der Waals surface area contributed by atoms with Crippen LogP contribution in [-0.4, -0.2) is 17.0 Å². The van der Waals surface area contributed by atoms with Crippen molar-refractivity contribution >= 4 is 23.5 Å². The van der Waals surface area contributed by atoms with Gasteiger partial charge in [0, 0.05) is 11.6 Å². The lowest BCUT2D eigenvalue weighted by Gasteiger charge is -2.31. The minimum Gasteiger partial charge on any atom is -0.481 e. The normalized spacial score (nSPS) is 22.1. The van der Waals surface area contributed by atoms with Gasteiger partial charge in [-0.25, -0.2) is 0 Å². The zero-order valence-corrected chi connectivity index (χ0v) is 10.5. The van der Waals surface area contributed by atoms with E-state index in [-0.39, 0.29) is 5.91 Å². The van der Waals surface area contributed by atoms with Crippen LogP contribution < -0.4 is 5.32 Å². The fourth-order valence-electron chi connectivity index (χ4n) is 2.06. The summed E-state index contributed by atoms with van der Waals surface area (Å²) in [6, 6.07) is 7.25. The second-order valence-corrected chi connectivity index (χ2v) is 4.84.